The number of aryl methyl sites for hydroxylation is 2. The lowest BCUT2D eigenvalue weighted by Crippen LogP contribution is -2.48. The number of rotatable bonds is 8. The first-order chi connectivity index (χ1) is 28.6. The molecule has 3 aromatic heterocycles. The fourth-order valence-corrected chi connectivity index (χ4v) is 11.4. The van der Waals surface area contributed by atoms with Crippen LogP contribution in [0.2, 0.25) is 5.02 Å². The Bertz CT molecular complexity index is 2490. The predicted octanol–water partition coefficient (Wildman–Crippen LogP) is 8.77. The Balaban J connectivity index is 0.697. The Morgan fingerprint density at radius 1 is 0.983 bits per heavy atom. The average Bonchev–Trinajstić information content (AvgIpc) is 3.85. The van der Waals surface area contributed by atoms with E-state index in [0.29, 0.717) is 39.2 Å². The van der Waals surface area contributed by atoms with Crippen LogP contribution in [0.4, 0.5) is 5.95 Å². The van der Waals surface area contributed by atoms with Crippen LogP contribution in [-0.2, 0) is 12.0 Å². The van der Waals surface area contributed by atoms with Crippen LogP contribution in [0.5, 0.6) is 5.75 Å². The summed E-state index contributed by atoms with van der Waals surface area (Å²) in [6, 6.07) is 16.5. The molecule has 0 radical (unpaired) electrons. The number of ether oxygens (including phenoxy) is 1. The van der Waals surface area contributed by atoms with Crippen molar-refractivity contribution in [1.82, 2.24) is 30.0 Å². The summed E-state index contributed by atoms with van der Waals surface area (Å²) in [5.74, 6) is 3.86. The number of aliphatic imine (C=N–C) groups is 1. The number of hydrogen-bond donors (Lipinski definition) is 1. The van der Waals surface area contributed by atoms with Crippen molar-refractivity contribution >= 4 is 40.5 Å². The third-order valence-electron chi connectivity index (χ3n) is 13.7. The van der Waals surface area contributed by atoms with E-state index in [1.54, 1.807) is 30.6 Å². The fraction of sp³-hybridized carbons (Fsp3) is 0.457. The second kappa shape index (κ2) is 14.9. The zero-order valence-electron chi connectivity index (χ0n) is 33.8. The van der Waals surface area contributed by atoms with Gasteiger partial charge in [0.2, 0.25) is 5.95 Å². The number of amides is 1. The second-order valence-electron chi connectivity index (χ2n) is 17.6. The summed E-state index contributed by atoms with van der Waals surface area (Å²) in [5, 5.41) is 23.0. The molecule has 1 amide bonds. The first-order valence-corrected chi connectivity index (χ1v) is 22.3. The molecule has 11 nitrogen and oxygen atoms in total. The molecular formula is C46H48ClN9O2S. The molecule has 1 saturated heterocycles. The molecule has 4 fully saturated rings. The highest BCUT2D eigenvalue weighted by Gasteiger charge is 2.52. The van der Waals surface area contributed by atoms with E-state index in [1.807, 2.05) is 11.3 Å². The zero-order valence-corrected chi connectivity index (χ0v) is 35.4. The topological polar surface area (TPSA) is 134 Å². The summed E-state index contributed by atoms with van der Waals surface area (Å²) >= 11 is 7.99. The first kappa shape index (κ1) is 38.1. The summed E-state index contributed by atoms with van der Waals surface area (Å²) in [7, 11) is 0. The van der Waals surface area contributed by atoms with Crippen LogP contribution >= 0.6 is 22.9 Å². The van der Waals surface area contributed by atoms with Gasteiger partial charge in [0.25, 0.3) is 5.91 Å². The summed E-state index contributed by atoms with van der Waals surface area (Å²) < 4.78 is 8.38. The number of hydrogen-bond acceptors (Lipinski definition) is 10. The summed E-state index contributed by atoms with van der Waals surface area (Å²) in [6.07, 6.45) is 14.6. The van der Waals surface area contributed by atoms with Crippen LogP contribution in [0.15, 0.2) is 59.9 Å². The number of halogens is 1. The lowest BCUT2D eigenvalue weighted by Gasteiger charge is -2.52. The number of nitrogens with zero attached hydrogens (tertiary/aromatic N) is 8. The number of aromatic nitrogens is 5. The van der Waals surface area contributed by atoms with Crippen molar-refractivity contribution in [3.05, 3.63) is 110 Å². The normalized spacial score (nSPS) is 21.5. The van der Waals surface area contributed by atoms with E-state index in [-0.39, 0.29) is 23.6 Å². The molecular weight excluding hydrogens is 778 g/mol. The van der Waals surface area contributed by atoms with Crippen LogP contribution in [0, 0.1) is 43.4 Å². The van der Waals surface area contributed by atoms with Gasteiger partial charge in [0, 0.05) is 53.6 Å². The molecule has 13 heteroatoms. The highest BCUT2D eigenvalue weighted by atomic mass is 35.5. The Hall–Kier alpha value is -5.12. The van der Waals surface area contributed by atoms with Gasteiger partial charge >= 0.3 is 0 Å². The van der Waals surface area contributed by atoms with E-state index in [4.69, 9.17) is 26.6 Å². The lowest BCUT2D eigenvalue weighted by molar-refractivity contribution is 0.0280. The maximum atomic E-state index is 13.1. The number of nitrogens with one attached hydrogen (secondary N) is 1. The molecule has 5 aromatic rings. The first-order valence-electron chi connectivity index (χ1n) is 21.1. The van der Waals surface area contributed by atoms with Gasteiger partial charge in [-0.3, -0.25) is 14.4 Å². The standard InChI is InChI=1S/C46H48ClN9O2S/c1-27-28(2)59-42-39(27)40(52-46(14-15-46)43-54-53-29(3)56(42)43)32-6-4-30(5-7-32)20-31-22-45(23-31)16-18-55(19-17-45)44-49-25-34(26-50-44)41(57)51-35-9-12-36(13-10-35)58-37-11-8-33(24-48)38(47)21-37/h4-8,11,21,25-26,31,35-36H,9-10,12-20,22-23H2,1-3H3,(H,51,57). The molecule has 2 aromatic carbocycles. The second-order valence-corrected chi connectivity index (χ2v) is 19.2. The van der Waals surface area contributed by atoms with E-state index >= 15 is 0 Å². The molecule has 0 bridgehead atoms. The number of carbonyl (C=O) groups is 1. The van der Waals surface area contributed by atoms with Crippen molar-refractivity contribution in [2.24, 2.45) is 16.3 Å². The van der Waals surface area contributed by atoms with Crippen molar-refractivity contribution in [3.8, 4) is 16.8 Å². The maximum absolute atomic E-state index is 13.1. The van der Waals surface area contributed by atoms with Crippen LogP contribution in [0.3, 0.4) is 0 Å². The molecule has 2 spiro atoms. The smallest absolute Gasteiger partial charge is 0.254 e. The highest BCUT2D eigenvalue weighted by Crippen LogP contribution is 2.55. The van der Waals surface area contributed by atoms with E-state index in [2.05, 4.69) is 86.1 Å². The van der Waals surface area contributed by atoms with Gasteiger partial charge in [0.05, 0.1) is 28.0 Å². The molecule has 302 valence electrons. The third kappa shape index (κ3) is 7.10. The van der Waals surface area contributed by atoms with E-state index in [9.17, 15) is 4.79 Å². The van der Waals surface area contributed by atoms with Crippen molar-refractivity contribution in [1.29, 1.82) is 5.26 Å². The van der Waals surface area contributed by atoms with Gasteiger partial charge in [-0.25, -0.2) is 9.97 Å². The van der Waals surface area contributed by atoms with Crippen LogP contribution in [-0.4, -0.2) is 61.6 Å². The number of carbonyl (C=O) groups excluding carboxylic acids is 1. The van der Waals surface area contributed by atoms with Gasteiger partial charge < -0.3 is 15.0 Å². The largest absolute Gasteiger partial charge is 0.490 e. The highest BCUT2D eigenvalue weighted by molar-refractivity contribution is 7.15. The lowest BCUT2D eigenvalue weighted by atomic mass is 9.56. The number of piperidine rings is 1. The molecule has 10 rings (SSSR count). The van der Waals surface area contributed by atoms with Crippen LogP contribution in [0.1, 0.15) is 119 Å². The maximum Gasteiger partial charge on any atom is 0.254 e. The number of anilines is 1. The Labute approximate surface area is 353 Å². The Morgan fingerprint density at radius 2 is 1.71 bits per heavy atom. The number of fused-ring (bicyclic) bond motifs is 4. The number of thiophene rings is 1. The summed E-state index contributed by atoms with van der Waals surface area (Å²) in [5.41, 5.74) is 7.28. The van der Waals surface area contributed by atoms with Gasteiger partial charge in [-0.15, -0.1) is 21.5 Å². The molecule has 5 heterocycles. The van der Waals surface area contributed by atoms with Crippen molar-refractivity contribution in [3.63, 3.8) is 0 Å². The van der Waals surface area contributed by atoms with Crippen molar-refractivity contribution < 1.29 is 9.53 Å². The predicted molar refractivity (Wildman–Crippen MR) is 229 cm³/mol. The number of benzene rings is 2. The van der Waals surface area contributed by atoms with Gasteiger partial charge in [0.15, 0.2) is 5.82 Å². The average molecular weight is 826 g/mol. The molecule has 59 heavy (non-hydrogen) atoms. The Kier molecular flexibility index (Phi) is 9.59. The SMILES string of the molecule is Cc1sc2c(c1C)C(c1ccc(CC3CC4(CCN(c5ncc(C(=O)NC6CCC(Oc7ccc(C#N)c(Cl)c7)CC6)cn5)CC4)C3)cc1)=NC1(CC1)c1nnc(C)n1-2. The molecule has 2 aliphatic heterocycles. The van der Waals surface area contributed by atoms with Gasteiger partial charge in [0.1, 0.15) is 28.2 Å². The third-order valence-corrected chi connectivity index (χ3v) is 15.2. The number of nitriles is 1. The minimum absolute atomic E-state index is 0.0467. The molecule has 3 aliphatic carbocycles. The van der Waals surface area contributed by atoms with Crippen LogP contribution in [0.25, 0.3) is 5.00 Å². The van der Waals surface area contributed by atoms with Gasteiger partial charge in [-0.05, 0) is 126 Å². The molecule has 0 atom stereocenters. The van der Waals surface area contributed by atoms with Gasteiger partial charge in [-0.2, -0.15) is 5.26 Å². The molecule has 1 N–H and O–H groups in total. The van der Waals surface area contributed by atoms with E-state index in [1.165, 1.54) is 45.0 Å². The molecule has 0 unspecified atom stereocenters. The fourth-order valence-electron chi connectivity index (χ4n) is 10.0. The monoisotopic (exact) mass is 825 g/mol. The van der Waals surface area contributed by atoms with Crippen LogP contribution < -0.4 is 15.0 Å². The van der Waals surface area contributed by atoms with E-state index in [0.717, 1.165) is 88.2 Å². The van der Waals surface area contributed by atoms with Gasteiger partial charge in [-0.1, -0.05) is 35.9 Å². The van der Waals surface area contributed by atoms with Crippen molar-refractivity contribution in [2.75, 3.05) is 18.0 Å². The summed E-state index contributed by atoms with van der Waals surface area (Å²) in [4.78, 5) is 31.4. The minimum atomic E-state index is -0.263. The van der Waals surface area contributed by atoms with Crippen molar-refractivity contribution in [2.45, 2.75) is 109 Å². The molecule has 3 saturated carbocycles. The minimum Gasteiger partial charge on any atom is -0.490 e. The Morgan fingerprint density at radius 3 is 2.39 bits per heavy atom. The van der Waals surface area contributed by atoms with E-state index < -0.39 is 0 Å². The zero-order chi connectivity index (χ0) is 40.5. The molecule has 5 aliphatic rings. The summed E-state index contributed by atoms with van der Waals surface area (Å²) in [6.45, 7) is 8.36. The quantitative estimate of drug-likeness (QED) is 0.164.